The summed E-state index contributed by atoms with van der Waals surface area (Å²) in [6.07, 6.45) is -5.05. The van der Waals surface area contributed by atoms with Gasteiger partial charge in [-0.3, -0.25) is 5.32 Å². The van der Waals surface area contributed by atoms with Crippen molar-refractivity contribution in [1.82, 2.24) is 5.32 Å². The molecule has 10 heteroatoms. The quantitative estimate of drug-likeness (QED) is 0.658. The first-order valence-electron chi connectivity index (χ1n) is 7.19. The van der Waals surface area contributed by atoms with Gasteiger partial charge in [0.15, 0.2) is 11.5 Å². The molecule has 0 bridgehead atoms. The van der Waals surface area contributed by atoms with Gasteiger partial charge in [-0.15, -0.1) is 0 Å². The van der Waals surface area contributed by atoms with E-state index in [1.807, 2.05) is 0 Å². The van der Waals surface area contributed by atoms with Crippen molar-refractivity contribution in [3.8, 4) is 11.5 Å². The average Bonchev–Trinajstić information content (AvgIpc) is 2.89. The highest BCUT2D eigenvalue weighted by atomic mass is 79.9. The second kappa shape index (κ2) is 6.55. The van der Waals surface area contributed by atoms with Gasteiger partial charge in [-0.05, 0) is 42.8 Å². The predicted octanol–water partition coefficient (Wildman–Crippen LogP) is 5.22. The molecule has 1 aliphatic rings. The monoisotopic (exact) mass is 450 g/mol. The normalized spacial score (nSPS) is 18.5. The van der Waals surface area contributed by atoms with Crippen LogP contribution in [0, 0.1) is 6.92 Å². The van der Waals surface area contributed by atoms with Gasteiger partial charge in [0.2, 0.25) is 0 Å². The van der Waals surface area contributed by atoms with Crippen molar-refractivity contribution in [2.45, 2.75) is 19.0 Å². The van der Waals surface area contributed by atoms with Crippen molar-refractivity contribution in [2.24, 2.45) is 0 Å². The summed E-state index contributed by atoms with van der Waals surface area (Å²) in [6, 6.07) is 7.37. The van der Waals surface area contributed by atoms with Crippen molar-refractivity contribution in [3.63, 3.8) is 0 Å². The molecule has 2 amide bonds. The highest BCUT2D eigenvalue weighted by molar-refractivity contribution is 9.10. The Kier molecular flexibility index (Phi) is 4.70. The number of carbonyl (C=O) groups excluding carboxylic acids is 1. The Bertz CT molecular complexity index is 878. The summed E-state index contributed by atoms with van der Waals surface area (Å²) in [4.78, 5) is 12.1. The number of rotatable bonds is 2. The summed E-state index contributed by atoms with van der Waals surface area (Å²) < 4.78 is 51.3. The fourth-order valence-corrected chi connectivity index (χ4v) is 2.66. The molecular formula is C16H11BrClF3N2O3. The summed E-state index contributed by atoms with van der Waals surface area (Å²) in [5.41, 5.74) is 1.10. The SMILES string of the molecule is Cc1cc(NC(=O)N[C@@]2(C(F)(F)F)Oc3ccc(Cl)cc3O2)ccc1Br. The molecule has 138 valence electrons. The zero-order chi connectivity index (χ0) is 19.1. The van der Waals surface area contributed by atoms with Gasteiger partial charge in [0.05, 0.1) is 0 Å². The molecule has 5 nitrogen and oxygen atoms in total. The van der Waals surface area contributed by atoms with Crippen LogP contribution in [0.3, 0.4) is 0 Å². The third kappa shape index (κ3) is 3.54. The number of ether oxygens (including phenoxy) is 2. The first-order chi connectivity index (χ1) is 12.1. The van der Waals surface area contributed by atoms with Crippen molar-refractivity contribution >= 4 is 39.2 Å². The Morgan fingerprint density at radius 1 is 1.15 bits per heavy atom. The van der Waals surface area contributed by atoms with Gasteiger partial charge < -0.3 is 14.8 Å². The minimum absolute atomic E-state index is 0.167. The molecule has 0 aliphatic carbocycles. The number of hydrogen-bond acceptors (Lipinski definition) is 3. The van der Waals surface area contributed by atoms with Crippen LogP contribution >= 0.6 is 27.5 Å². The number of benzene rings is 2. The van der Waals surface area contributed by atoms with E-state index in [-0.39, 0.29) is 16.5 Å². The molecule has 2 aromatic carbocycles. The lowest BCUT2D eigenvalue weighted by molar-refractivity contribution is -0.317. The van der Waals surface area contributed by atoms with E-state index in [1.54, 1.807) is 24.4 Å². The highest BCUT2D eigenvalue weighted by Crippen LogP contribution is 2.46. The van der Waals surface area contributed by atoms with Gasteiger partial charge in [-0.2, -0.15) is 13.2 Å². The Hall–Kier alpha value is -2.13. The van der Waals surface area contributed by atoms with E-state index in [4.69, 9.17) is 21.1 Å². The second-order valence-corrected chi connectivity index (χ2v) is 6.74. The maximum Gasteiger partial charge on any atom is 0.492 e. The number of alkyl halides is 3. The molecule has 2 aromatic rings. The first-order valence-corrected chi connectivity index (χ1v) is 8.36. The van der Waals surface area contributed by atoms with Crippen LogP contribution < -0.4 is 20.1 Å². The standard InChI is InChI=1S/C16H11BrClF3N2O3/c1-8-6-10(3-4-11(8)17)22-14(24)23-16(15(19,20)21)25-12-5-2-9(18)7-13(12)26-16/h2-7H,1H3,(H2,22,23,24)/t16-/m0/s1. The lowest BCUT2D eigenvalue weighted by Gasteiger charge is -2.29. The summed E-state index contributed by atoms with van der Waals surface area (Å²) >= 11 is 9.05. The van der Waals surface area contributed by atoms with Crippen LogP contribution in [0.2, 0.25) is 5.02 Å². The van der Waals surface area contributed by atoms with E-state index in [0.717, 1.165) is 10.0 Å². The van der Waals surface area contributed by atoms with E-state index in [1.165, 1.54) is 24.3 Å². The number of anilines is 1. The molecule has 26 heavy (non-hydrogen) atoms. The van der Waals surface area contributed by atoms with Crippen LogP contribution in [0.25, 0.3) is 0 Å². The maximum atomic E-state index is 13.6. The number of amides is 2. The Balaban J connectivity index is 1.82. The average molecular weight is 452 g/mol. The number of urea groups is 1. The minimum atomic E-state index is -5.05. The molecule has 1 heterocycles. The van der Waals surface area contributed by atoms with Crippen LogP contribution in [0.4, 0.5) is 23.7 Å². The van der Waals surface area contributed by atoms with E-state index >= 15 is 0 Å². The van der Waals surface area contributed by atoms with Crippen LogP contribution in [0.1, 0.15) is 5.56 Å². The molecular weight excluding hydrogens is 441 g/mol. The molecule has 0 spiro atoms. The Morgan fingerprint density at radius 2 is 1.85 bits per heavy atom. The third-order valence-corrected chi connectivity index (χ3v) is 4.61. The molecule has 0 unspecified atom stereocenters. The minimum Gasteiger partial charge on any atom is -0.424 e. The summed E-state index contributed by atoms with van der Waals surface area (Å²) in [7, 11) is 0. The molecule has 0 aromatic heterocycles. The summed E-state index contributed by atoms with van der Waals surface area (Å²) in [6.45, 7) is 1.77. The Labute approximate surface area is 159 Å². The fourth-order valence-electron chi connectivity index (χ4n) is 2.25. The molecule has 0 fully saturated rings. The van der Waals surface area contributed by atoms with E-state index < -0.39 is 18.1 Å². The predicted molar refractivity (Wildman–Crippen MR) is 92.5 cm³/mol. The number of carbonyl (C=O) groups is 1. The summed E-state index contributed by atoms with van der Waals surface area (Å²) in [5, 5.41) is 4.19. The van der Waals surface area contributed by atoms with Gasteiger partial charge in [0.1, 0.15) is 0 Å². The number of hydrogen-bond donors (Lipinski definition) is 2. The van der Waals surface area contributed by atoms with Gasteiger partial charge in [0, 0.05) is 21.2 Å². The smallest absolute Gasteiger partial charge is 0.424 e. The molecule has 0 radical (unpaired) electrons. The van der Waals surface area contributed by atoms with Crippen LogP contribution in [-0.2, 0) is 0 Å². The molecule has 3 rings (SSSR count). The van der Waals surface area contributed by atoms with Crippen LogP contribution in [0.15, 0.2) is 40.9 Å². The van der Waals surface area contributed by atoms with Gasteiger partial charge in [0.25, 0.3) is 0 Å². The molecule has 1 aliphatic heterocycles. The first kappa shape index (κ1) is 18.7. The number of fused-ring (bicyclic) bond motifs is 1. The van der Waals surface area contributed by atoms with Crippen molar-refractivity contribution < 1.29 is 27.4 Å². The molecule has 2 N–H and O–H groups in total. The number of nitrogens with one attached hydrogen (secondary N) is 2. The van der Waals surface area contributed by atoms with E-state index in [9.17, 15) is 18.0 Å². The lowest BCUT2D eigenvalue weighted by atomic mass is 10.2. The van der Waals surface area contributed by atoms with E-state index in [2.05, 4.69) is 21.2 Å². The van der Waals surface area contributed by atoms with Gasteiger partial charge in [-0.1, -0.05) is 27.5 Å². The fraction of sp³-hybridized carbons (Fsp3) is 0.188. The van der Waals surface area contributed by atoms with Crippen LogP contribution in [-0.4, -0.2) is 18.1 Å². The van der Waals surface area contributed by atoms with Crippen LogP contribution in [0.5, 0.6) is 11.5 Å². The molecule has 1 atom stereocenters. The maximum absolute atomic E-state index is 13.6. The molecule has 0 saturated carbocycles. The highest BCUT2D eigenvalue weighted by Gasteiger charge is 2.65. The third-order valence-electron chi connectivity index (χ3n) is 3.48. The topological polar surface area (TPSA) is 59.6 Å². The largest absolute Gasteiger partial charge is 0.492 e. The van der Waals surface area contributed by atoms with Gasteiger partial charge in [-0.25, -0.2) is 4.79 Å². The second-order valence-electron chi connectivity index (χ2n) is 5.45. The summed E-state index contributed by atoms with van der Waals surface area (Å²) in [5.74, 6) is -3.77. The number of halogens is 5. The van der Waals surface area contributed by atoms with E-state index in [0.29, 0.717) is 5.69 Å². The van der Waals surface area contributed by atoms with Crippen molar-refractivity contribution in [3.05, 3.63) is 51.5 Å². The molecule has 0 saturated heterocycles. The number of aryl methyl sites for hydroxylation is 1. The lowest BCUT2D eigenvalue weighted by Crippen LogP contribution is -2.65. The van der Waals surface area contributed by atoms with Crippen molar-refractivity contribution in [1.29, 1.82) is 0 Å². The van der Waals surface area contributed by atoms with Gasteiger partial charge >= 0.3 is 18.1 Å². The van der Waals surface area contributed by atoms with Crippen molar-refractivity contribution in [2.75, 3.05) is 5.32 Å². The zero-order valence-corrected chi connectivity index (χ0v) is 15.4. The Morgan fingerprint density at radius 3 is 2.50 bits per heavy atom. The zero-order valence-electron chi connectivity index (χ0n) is 13.1.